The average Bonchev–Trinajstić information content (AvgIpc) is 2.15. The van der Waals surface area contributed by atoms with E-state index in [1.165, 1.54) is 16.7 Å². The van der Waals surface area contributed by atoms with Crippen LogP contribution in [-0.4, -0.2) is 20.3 Å². The van der Waals surface area contributed by atoms with Crippen LogP contribution in [0.4, 0.5) is 0 Å². The molecule has 0 fully saturated rings. The highest BCUT2D eigenvalue weighted by Crippen LogP contribution is 2.11. The minimum Gasteiger partial charge on any atom is -0.382 e. The van der Waals surface area contributed by atoms with Crippen LogP contribution in [0.1, 0.15) is 16.7 Å². The summed E-state index contributed by atoms with van der Waals surface area (Å²) >= 11 is 0. The Kier molecular flexibility index (Phi) is 4.63. The fourth-order valence-corrected chi connectivity index (χ4v) is 1.33. The van der Waals surface area contributed by atoms with Crippen LogP contribution in [0.25, 0.3) is 0 Å². The van der Waals surface area contributed by atoms with E-state index >= 15 is 0 Å². The third kappa shape index (κ3) is 3.48. The highest BCUT2D eigenvalue weighted by molar-refractivity contribution is 5.29. The number of hydrogen-bond acceptors (Lipinski definition) is 2. The zero-order chi connectivity index (χ0) is 10.4. The summed E-state index contributed by atoms with van der Waals surface area (Å²) in [4.78, 5) is 0. The van der Waals surface area contributed by atoms with Gasteiger partial charge in [0.2, 0.25) is 0 Å². The molecule has 0 aromatic heterocycles. The van der Waals surface area contributed by atoms with Gasteiger partial charge in [0.05, 0.1) is 19.8 Å². The molecule has 0 spiro atoms. The molecule has 0 radical (unpaired) electrons. The molecule has 2 heteroatoms. The fourth-order valence-electron chi connectivity index (χ4n) is 1.33. The van der Waals surface area contributed by atoms with Gasteiger partial charge in [0.15, 0.2) is 0 Å². The number of aryl methyl sites for hydroxylation is 2. The normalized spacial score (nSPS) is 10.5. The number of ether oxygens (including phenoxy) is 2. The van der Waals surface area contributed by atoms with E-state index in [0.717, 1.165) is 0 Å². The highest BCUT2D eigenvalue weighted by atomic mass is 16.5. The lowest BCUT2D eigenvalue weighted by Crippen LogP contribution is -2.02. The van der Waals surface area contributed by atoms with Crippen molar-refractivity contribution in [1.82, 2.24) is 0 Å². The highest BCUT2D eigenvalue weighted by Gasteiger charge is 1.98. The lowest BCUT2D eigenvalue weighted by atomic mass is 10.1. The predicted molar refractivity (Wildman–Crippen MR) is 57.4 cm³/mol. The zero-order valence-corrected chi connectivity index (χ0v) is 9.17. The summed E-state index contributed by atoms with van der Waals surface area (Å²) in [5.74, 6) is 0. The molecule has 1 rings (SSSR count). The van der Waals surface area contributed by atoms with Gasteiger partial charge in [-0.1, -0.05) is 23.8 Å². The van der Waals surface area contributed by atoms with Crippen molar-refractivity contribution in [2.75, 3.05) is 20.3 Å². The van der Waals surface area contributed by atoms with Crippen molar-refractivity contribution in [1.29, 1.82) is 0 Å². The molecule has 0 amide bonds. The first-order valence-corrected chi connectivity index (χ1v) is 4.87. The Bertz CT molecular complexity index is 282. The van der Waals surface area contributed by atoms with Gasteiger partial charge < -0.3 is 9.47 Å². The van der Waals surface area contributed by atoms with Crippen LogP contribution in [0.5, 0.6) is 0 Å². The largest absolute Gasteiger partial charge is 0.382 e. The molecule has 14 heavy (non-hydrogen) atoms. The summed E-state index contributed by atoms with van der Waals surface area (Å²) in [6.45, 7) is 6.20. The predicted octanol–water partition coefficient (Wildman–Crippen LogP) is 2.47. The van der Waals surface area contributed by atoms with Crippen LogP contribution in [0.3, 0.4) is 0 Å². The van der Waals surface area contributed by atoms with Crippen LogP contribution >= 0.6 is 0 Å². The van der Waals surface area contributed by atoms with E-state index in [4.69, 9.17) is 9.47 Å². The molecular formula is C12H18O2. The Morgan fingerprint density at radius 2 is 1.93 bits per heavy atom. The maximum absolute atomic E-state index is 5.46. The van der Waals surface area contributed by atoms with Crippen molar-refractivity contribution in [3.05, 3.63) is 34.9 Å². The molecule has 0 atom stereocenters. The Morgan fingerprint density at radius 3 is 2.57 bits per heavy atom. The van der Waals surface area contributed by atoms with Crippen molar-refractivity contribution in [2.45, 2.75) is 20.5 Å². The summed E-state index contributed by atoms with van der Waals surface area (Å²) in [6, 6.07) is 6.41. The number of methoxy groups -OCH3 is 1. The van der Waals surface area contributed by atoms with Gasteiger partial charge in [-0.3, -0.25) is 0 Å². The van der Waals surface area contributed by atoms with E-state index in [1.807, 2.05) is 0 Å². The molecule has 0 aliphatic rings. The van der Waals surface area contributed by atoms with Gasteiger partial charge in [-0.2, -0.15) is 0 Å². The number of rotatable bonds is 5. The number of hydrogen-bond donors (Lipinski definition) is 0. The SMILES string of the molecule is COCCOCc1ccc(C)cc1C. The van der Waals surface area contributed by atoms with Gasteiger partial charge in [-0.15, -0.1) is 0 Å². The second kappa shape index (κ2) is 5.78. The van der Waals surface area contributed by atoms with Gasteiger partial charge in [0.25, 0.3) is 0 Å². The van der Waals surface area contributed by atoms with Gasteiger partial charge in [-0.25, -0.2) is 0 Å². The molecule has 78 valence electrons. The topological polar surface area (TPSA) is 18.5 Å². The standard InChI is InChI=1S/C12H18O2/c1-10-4-5-12(11(2)8-10)9-14-7-6-13-3/h4-5,8H,6-7,9H2,1-3H3. The first-order valence-electron chi connectivity index (χ1n) is 4.87. The lowest BCUT2D eigenvalue weighted by molar-refractivity contribution is 0.0614. The second-order valence-electron chi connectivity index (χ2n) is 3.48. The third-order valence-corrected chi connectivity index (χ3v) is 2.19. The molecule has 0 unspecified atom stereocenters. The van der Waals surface area contributed by atoms with Crippen LogP contribution in [0.15, 0.2) is 18.2 Å². The van der Waals surface area contributed by atoms with E-state index in [0.29, 0.717) is 19.8 Å². The molecule has 0 saturated heterocycles. The van der Waals surface area contributed by atoms with Gasteiger partial charge in [0.1, 0.15) is 0 Å². The van der Waals surface area contributed by atoms with Crippen molar-refractivity contribution in [3.63, 3.8) is 0 Å². The quantitative estimate of drug-likeness (QED) is 0.670. The lowest BCUT2D eigenvalue weighted by Gasteiger charge is -2.07. The summed E-state index contributed by atoms with van der Waals surface area (Å²) in [6.07, 6.45) is 0. The Morgan fingerprint density at radius 1 is 1.14 bits per heavy atom. The molecular weight excluding hydrogens is 176 g/mol. The van der Waals surface area contributed by atoms with Crippen molar-refractivity contribution in [2.24, 2.45) is 0 Å². The summed E-state index contributed by atoms with van der Waals surface area (Å²) in [5.41, 5.74) is 3.84. The van der Waals surface area contributed by atoms with E-state index in [-0.39, 0.29) is 0 Å². The summed E-state index contributed by atoms with van der Waals surface area (Å²) in [5, 5.41) is 0. The Hall–Kier alpha value is -0.860. The Balaban J connectivity index is 2.42. The maximum Gasteiger partial charge on any atom is 0.0720 e. The van der Waals surface area contributed by atoms with Crippen LogP contribution in [-0.2, 0) is 16.1 Å². The molecule has 0 aliphatic heterocycles. The van der Waals surface area contributed by atoms with Crippen LogP contribution in [0, 0.1) is 13.8 Å². The van der Waals surface area contributed by atoms with Crippen molar-refractivity contribution in [3.8, 4) is 0 Å². The zero-order valence-electron chi connectivity index (χ0n) is 9.17. The summed E-state index contributed by atoms with van der Waals surface area (Å²) < 4.78 is 10.4. The average molecular weight is 194 g/mol. The smallest absolute Gasteiger partial charge is 0.0720 e. The fraction of sp³-hybridized carbons (Fsp3) is 0.500. The molecule has 1 aromatic rings. The first kappa shape index (κ1) is 11.2. The summed E-state index contributed by atoms with van der Waals surface area (Å²) in [7, 11) is 1.68. The number of benzene rings is 1. The Labute approximate surface area is 85.8 Å². The van der Waals surface area contributed by atoms with Gasteiger partial charge in [-0.05, 0) is 25.0 Å². The minimum absolute atomic E-state index is 0.657. The first-order chi connectivity index (χ1) is 6.74. The molecule has 0 bridgehead atoms. The molecule has 2 nitrogen and oxygen atoms in total. The van der Waals surface area contributed by atoms with E-state index < -0.39 is 0 Å². The maximum atomic E-state index is 5.46. The van der Waals surface area contributed by atoms with E-state index in [1.54, 1.807) is 7.11 Å². The van der Waals surface area contributed by atoms with Crippen molar-refractivity contribution < 1.29 is 9.47 Å². The monoisotopic (exact) mass is 194 g/mol. The molecule has 0 saturated carbocycles. The molecule has 0 heterocycles. The molecule has 1 aromatic carbocycles. The van der Waals surface area contributed by atoms with Crippen molar-refractivity contribution >= 4 is 0 Å². The second-order valence-corrected chi connectivity index (χ2v) is 3.48. The van der Waals surface area contributed by atoms with Gasteiger partial charge in [0, 0.05) is 7.11 Å². The van der Waals surface area contributed by atoms with Crippen LogP contribution < -0.4 is 0 Å². The third-order valence-electron chi connectivity index (χ3n) is 2.19. The molecule has 0 aliphatic carbocycles. The van der Waals surface area contributed by atoms with E-state index in [2.05, 4.69) is 32.0 Å². The minimum atomic E-state index is 0.657. The van der Waals surface area contributed by atoms with Gasteiger partial charge >= 0.3 is 0 Å². The van der Waals surface area contributed by atoms with E-state index in [9.17, 15) is 0 Å². The van der Waals surface area contributed by atoms with Crippen LogP contribution in [0.2, 0.25) is 0 Å². The molecule has 0 N–H and O–H groups in total.